The number of hydrogen-bond acceptors (Lipinski definition) is 2. The minimum absolute atomic E-state index is 0.144. The molecule has 1 aromatic carbocycles. The Morgan fingerprint density at radius 2 is 2.11 bits per heavy atom. The molecule has 18 heavy (non-hydrogen) atoms. The van der Waals surface area contributed by atoms with Gasteiger partial charge in [0.05, 0.1) is 0 Å². The van der Waals surface area contributed by atoms with Crippen molar-refractivity contribution in [2.75, 3.05) is 0 Å². The molecule has 0 saturated heterocycles. The summed E-state index contributed by atoms with van der Waals surface area (Å²) in [5.74, 6) is -0.710. The molecular formula is C14H17FO2S. The van der Waals surface area contributed by atoms with Crippen LogP contribution in [0.3, 0.4) is 0 Å². The molecule has 0 unspecified atom stereocenters. The summed E-state index contributed by atoms with van der Waals surface area (Å²) < 4.78 is 13.6. The first-order chi connectivity index (χ1) is 8.28. The van der Waals surface area contributed by atoms with Crippen LogP contribution < -0.4 is 0 Å². The Balaban J connectivity index is 2.84. The largest absolute Gasteiger partial charge is 0.478 e. The predicted octanol–water partition coefficient (Wildman–Crippen LogP) is 3.96. The lowest BCUT2D eigenvalue weighted by Gasteiger charge is -2.17. The zero-order valence-electron chi connectivity index (χ0n) is 10.7. The molecule has 2 nitrogen and oxygen atoms in total. The Bertz CT molecular complexity index is 461. The molecule has 0 aliphatic carbocycles. The Morgan fingerprint density at radius 1 is 1.44 bits per heavy atom. The predicted molar refractivity (Wildman–Crippen MR) is 74.1 cm³/mol. The molecule has 0 heterocycles. The van der Waals surface area contributed by atoms with Gasteiger partial charge in [-0.25, -0.2) is 9.18 Å². The van der Waals surface area contributed by atoms with Crippen molar-refractivity contribution in [3.05, 3.63) is 41.2 Å². The normalized spacial score (nSPS) is 12.0. The molecule has 0 saturated carbocycles. The molecule has 0 aromatic heterocycles. The Morgan fingerprint density at radius 3 is 2.67 bits per heavy atom. The van der Waals surface area contributed by atoms with Crippen LogP contribution in [0.25, 0.3) is 6.08 Å². The number of carbonyl (C=O) groups is 1. The standard InChI is InChI=1S/C14H17FO2S/c1-14(2,3)18-9-10-4-6-12(15)11(8-10)5-7-13(16)17/h4-8H,9H2,1-3H3,(H,16,17). The fourth-order valence-corrected chi connectivity index (χ4v) is 2.05. The van der Waals surface area contributed by atoms with Gasteiger partial charge >= 0.3 is 5.97 Å². The van der Waals surface area contributed by atoms with E-state index in [1.54, 1.807) is 23.9 Å². The number of thioether (sulfide) groups is 1. The van der Waals surface area contributed by atoms with Gasteiger partial charge in [-0.05, 0) is 23.8 Å². The fraction of sp³-hybridized carbons (Fsp3) is 0.357. The quantitative estimate of drug-likeness (QED) is 0.840. The van der Waals surface area contributed by atoms with E-state index in [1.807, 2.05) is 0 Å². The fourth-order valence-electron chi connectivity index (χ4n) is 1.27. The number of aliphatic carboxylic acids is 1. The van der Waals surface area contributed by atoms with Crippen molar-refractivity contribution in [1.29, 1.82) is 0 Å². The van der Waals surface area contributed by atoms with Crippen molar-refractivity contribution >= 4 is 23.8 Å². The average molecular weight is 268 g/mol. The van der Waals surface area contributed by atoms with E-state index in [2.05, 4.69) is 20.8 Å². The number of rotatable bonds is 4. The minimum atomic E-state index is -1.08. The molecule has 4 heteroatoms. The molecule has 0 fully saturated rings. The number of benzene rings is 1. The van der Waals surface area contributed by atoms with Gasteiger partial charge in [0.1, 0.15) is 5.82 Å². The van der Waals surface area contributed by atoms with Gasteiger partial charge in [-0.15, -0.1) is 0 Å². The summed E-state index contributed by atoms with van der Waals surface area (Å²) in [5.41, 5.74) is 1.30. The molecular weight excluding hydrogens is 251 g/mol. The van der Waals surface area contributed by atoms with E-state index in [9.17, 15) is 9.18 Å². The number of halogens is 1. The summed E-state index contributed by atoms with van der Waals surface area (Å²) in [6, 6.07) is 4.79. The summed E-state index contributed by atoms with van der Waals surface area (Å²) in [5, 5.41) is 8.53. The maximum atomic E-state index is 13.4. The van der Waals surface area contributed by atoms with Gasteiger partial charge in [-0.2, -0.15) is 11.8 Å². The van der Waals surface area contributed by atoms with Gasteiger partial charge < -0.3 is 5.11 Å². The van der Waals surface area contributed by atoms with Crippen molar-refractivity contribution in [1.82, 2.24) is 0 Å². The summed E-state index contributed by atoms with van der Waals surface area (Å²) in [7, 11) is 0. The summed E-state index contributed by atoms with van der Waals surface area (Å²) >= 11 is 1.76. The first kappa shape index (κ1) is 14.8. The average Bonchev–Trinajstić information content (AvgIpc) is 2.25. The molecule has 1 aromatic rings. The highest BCUT2D eigenvalue weighted by molar-refractivity contribution is 7.99. The van der Waals surface area contributed by atoms with Crippen molar-refractivity contribution in [3.63, 3.8) is 0 Å². The van der Waals surface area contributed by atoms with E-state index in [0.29, 0.717) is 5.56 Å². The minimum Gasteiger partial charge on any atom is -0.478 e. The van der Waals surface area contributed by atoms with Crippen LogP contribution in [0, 0.1) is 5.82 Å². The third-order valence-electron chi connectivity index (χ3n) is 2.14. The van der Waals surface area contributed by atoms with Crippen LogP contribution in [0.2, 0.25) is 0 Å². The summed E-state index contributed by atoms with van der Waals surface area (Å²) in [6.07, 6.45) is 2.22. The first-order valence-electron chi connectivity index (χ1n) is 5.61. The van der Waals surface area contributed by atoms with Gasteiger partial charge in [-0.1, -0.05) is 26.8 Å². The van der Waals surface area contributed by atoms with E-state index in [-0.39, 0.29) is 4.75 Å². The third-order valence-corrected chi connectivity index (χ3v) is 3.48. The van der Waals surface area contributed by atoms with Gasteiger partial charge in [0, 0.05) is 22.1 Å². The molecule has 0 aliphatic rings. The maximum absolute atomic E-state index is 13.4. The number of hydrogen-bond donors (Lipinski definition) is 1. The first-order valence-corrected chi connectivity index (χ1v) is 6.60. The van der Waals surface area contributed by atoms with Crippen molar-refractivity contribution in [3.8, 4) is 0 Å². The Hall–Kier alpha value is -1.29. The monoisotopic (exact) mass is 268 g/mol. The highest BCUT2D eigenvalue weighted by atomic mass is 32.2. The zero-order valence-corrected chi connectivity index (χ0v) is 11.6. The number of carboxylic acids is 1. The topological polar surface area (TPSA) is 37.3 Å². The second kappa shape index (κ2) is 6.05. The molecule has 0 spiro atoms. The van der Waals surface area contributed by atoms with Crippen LogP contribution in [0.15, 0.2) is 24.3 Å². The molecule has 1 N–H and O–H groups in total. The Kier molecular flexibility index (Phi) is 4.96. The van der Waals surface area contributed by atoms with E-state index >= 15 is 0 Å². The lowest BCUT2D eigenvalue weighted by Crippen LogP contribution is -2.07. The van der Waals surface area contributed by atoms with Crippen LogP contribution in [-0.4, -0.2) is 15.8 Å². The molecule has 1 rings (SSSR count). The molecule has 98 valence electrons. The van der Waals surface area contributed by atoms with E-state index in [1.165, 1.54) is 12.1 Å². The second-order valence-electron chi connectivity index (χ2n) is 4.93. The highest BCUT2D eigenvalue weighted by Gasteiger charge is 2.11. The lowest BCUT2D eigenvalue weighted by molar-refractivity contribution is -0.131. The van der Waals surface area contributed by atoms with E-state index in [0.717, 1.165) is 17.4 Å². The van der Waals surface area contributed by atoms with Gasteiger partial charge in [-0.3, -0.25) is 0 Å². The Labute approximate surface area is 111 Å². The molecule has 0 radical (unpaired) electrons. The van der Waals surface area contributed by atoms with Crippen LogP contribution >= 0.6 is 11.8 Å². The summed E-state index contributed by atoms with van der Waals surface area (Å²) in [6.45, 7) is 6.35. The SMILES string of the molecule is CC(C)(C)SCc1ccc(F)c(C=CC(=O)O)c1. The number of carboxylic acid groups (broad SMARTS) is 1. The highest BCUT2D eigenvalue weighted by Crippen LogP contribution is 2.27. The van der Waals surface area contributed by atoms with Crippen molar-refractivity contribution in [2.45, 2.75) is 31.3 Å². The van der Waals surface area contributed by atoms with Crippen LogP contribution in [0.5, 0.6) is 0 Å². The summed E-state index contributed by atoms with van der Waals surface area (Å²) in [4.78, 5) is 10.4. The van der Waals surface area contributed by atoms with Crippen LogP contribution in [0.1, 0.15) is 31.9 Å². The molecule has 0 aliphatic heterocycles. The maximum Gasteiger partial charge on any atom is 0.328 e. The third kappa shape index (κ3) is 5.36. The van der Waals surface area contributed by atoms with E-state index in [4.69, 9.17) is 5.11 Å². The van der Waals surface area contributed by atoms with Crippen molar-refractivity contribution in [2.24, 2.45) is 0 Å². The zero-order chi connectivity index (χ0) is 13.8. The van der Waals surface area contributed by atoms with Crippen LogP contribution in [0.4, 0.5) is 4.39 Å². The smallest absolute Gasteiger partial charge is 0.328 e. The van der Waals surface area contributed by atoms with E-state index < -0.39 is 11.8 Å². The van der Waals surface area contributed by atoms with Crippen LogP contribution in [-0.2, 0) is 10.5 Å². The van der Waals surface area contributed by atoms with Gasteiger partial charge in [0.15, 0.2) is 0 Å². The van der Waals surface area contributed by atoms with Gasteiger partial charge in [0.2, 0.25) is 0 Å². The molecule has 0 bridgehead atoms. The lowest BCUT2D eigenvalue weighted by atomic mass is 10.1. The second-order valence-corrected chi connectivity index (χ2v) is 6.73. The van der Waals surface area contributed by atoms with Gasteiger partial charge in [0.25, 0.3) is 0 Å². The van der Waals surface area contributed by atoms with Crippen molar-refractivity contribution < 1.29 is 14.3 Å². The molecule has 0 atom stereocenters. The molecule has 0 amide bonds.